The summed E-state index contributed by atoms with van der Waals surface area (Å²) >= 11 is 6.26. The number of fused-ring (bicyclic) bond motifs is 1. The monoisotopic (exact) mass is 525 g/mol. The van der Waals surface area contributed by atoms with Gasteiger partial charge in [-0.2, -0.15) is 8.42 Å². The molecule has 0 aromatic heterocycles. The van der Waals surface area contributed by atoms with Crippen LogP contribution in [0.3, 0.4) is 0 Å². The minimum absolute atomic E-state index is 0.0391. The van der Waals surface area contributed by atoms with Crippen molar-refractivity contribution in [3.63, 3.8) is 0 Å². The van der Waals surface area contributed by atoms with Gasteiger partial charge in [0, 0.05) is 5.39 Å². The molecule has 0 fully saturated rings. The number of benzene rings is 4. The number of aromatic hydroxyl groups is 1. The molecule has 0 radical (unpaired) electrons. The molecule has 0 unspecified atom stereocenters. The maximum absolute atomic E-state index is 13.1. The second-order valence-corrected chi connectivity index (χ2v) is 9.48. The smallest absolute Gasteiger partial charge is 0.296 e. The number of carbonyl (C=O) groups is 1. The van der Waals surface area contributed by atoms with Gasteiger partial charge >= 0.3 is 0 Å². The fourth-order valence-electron chi connectivity index (χ4n) is 3.58. The summed E-state index contributed by atoms with van der Waals surface area (Å²) in [5.41, 5.74) is 0.407. The molecule has 0 aliphatic heterocycles. The number of aryl methyl sites for hydroxylation is 1. The maximum atomic E-state index is 13.1. The van der Waals surface area contributed by atoms with Crippen molar-refractivity contribution in [3.05, 3.63) is 82.9 Å². The highest BCUT2D eigenvalue weighted by atomic mass is 35.5. The number of nitrogens with zero attached hydrogens (tertiary/aromatic N) is 2. The van der Waals surface area contributed by atoms with Gasteiger partial charge in [0.1, 0.15) is 22.0 Å². The summed E-state index contributed by atoms with van der Waals surface area (Å²) in [7, 11) is -3.20. The Labute approximate surface area is 211 Å². The third-order valence-corrected chi connectivity index (χ3v) is 6.76. The number of ether oxygens (including phenoxy) is 1. The minimum Gasteiger partial charge on any atom is -0.505 e. The van der Waals surface area contributed by atoms with E-state index in [1.807, 2.05) is 0 Å². The fourth-order valence-corrected chi connectivity index (χ4v) is 4.46. The predicted octanol–water partition coefficient (Wildman–Crippen LogP) is 6.43. The van der Waals surface area contributed by atoms with Gasteiger partial charge in [0.2, 0.25) is 0 Å². The third-order valence-electron chi connectivity index (χ3n) is 5.40. The molecule has 0 aliphatic carbocycles. The average Bonchev–Trinajstić information content (AvgIpc) is 2.85. The summed E-state index contributed by atoms with van der Waals surface area (Å²) in [6, 6.07) is 17.7. The Bertz CT molecular complexity index is 1640. The van der Waals surface area contributed by atoms with Crippen LogP contribution in [0.1, 0.15) is 15.9 Å². The summed E-state index contributed by atoms with van der Waals surface area (Å²) in [4.78, 5) is 12.6. The molecular weight excluding hydrogens is 506 g/mol. The zero-order valence-electron chi connectivity index (χ0n) is 19.1. The number of rotatable bonds is 6. The van der Waals surface area contributed by atoms with Crippen molar-refractivity contribution in [2.75, 3.05) is 12.4 Å². The van der Waals surface area contributed by atoms with Crippen molar-refractivity contribution in [3.8, 4) is 11.5 Å². The molecule has 0 saturated heterocycles. The summed E-state index contributed by atoms with van der Waals surface area (Å²) in [6.45, 7) is 1.63. The highest BCUT2D eigenvalue weighted by Gasteiger charge is 2.22. The van der Waals surface area contributed by atoms with Crippen molar-refractivity contribution in [1.82, 2.24) is 0 Å². The van der Waals surface area contributed by atoms with Crippen molar-refractivity contribution in [2.45, 2.75) is 11.8 Å². The number of hydrogen-bond acceptors (Lipinski definition) is 7. The Morgan fingerprint density at radius 1 is 1.00 bits per heavy atom. The van der Waals surface area contributed by atoms with Gasteiger partial charge in [-0.1, -0.05) is 54.1 Å². The second-order valence-electron chi connectivity index (χ2n) is 7.72. The molecule has 9 nitrogen and oxygen atoms in total. The highest BCUT2D eigenvalue weighted by Crippen LogP contribution is 2.42. The number of halogens is 1. The van der Waals surface area contributed by atoms with Crippen molar-refractivity contribution in [1.29, 1.82) is 0 Å². The molecule has 4 aromatic carbocycles. The molecule has 0 heterocycles. The van der Waals surface area contributed by atoms with Gasteiger partial charge in [-0.25, -0.2) is 0 Å². The molecule has 4 aromatic rings. The van der Waals surface area contributed by atoms with Gasteiger partial charge in [0.05, 0.1) is 23.4 Å². The van der Waals surface area contributed by atoms with Gasteiger partial charge in [0.25, 0.3) is 16.0 Å². The molecule has 36 heavy (non-hydrogen) atoms. The van der Waals surface area contributed by atoms with Crippen LogP contribution in [0.25, 0.3) is 10.8 Å². The molecule has 0 bridgehead atoms. The van der Waals surface area contributed by atoms with Crippen LogP contribution in [0.4, 0.5) is 17.1 Å². The van der Waals surface area contributed by atoms with Crippen molar-refractivity contribution in [2.24, 2.45) is 10.2 Å². The van der Waals surface area contributed by atoms with Crippen LogP contribution in [-0.4, -0.2) is 31.1 Å². The van der Waals surface area contributed by atoms with Crippen LogP contribution < -0.4 is 10.1 Å². The second kappa shape index (κ2) is 9.94. The van der Waals surface area contributed by atoms with E-state index in [0.29, 0.717) is 27.8 Å². The summed E-state index contributed by atoms with van der Waals surface area (Å²) < 4.78 is 38.6. The van der Waals surface area contributed by atoms with E-state index >= 15 is 0 Å². The highest BCUT2D eigenvalue weighted by molar-refractivity contribution is 7.86. The van der Waals surface area contributed by atoms with E-state index in [0.717, 1.165) is 6.07 Å². The molecule has 1 amide bonds. The summed E-state index contributed by atoms with van der Waals surface area (Å²) in [6.07, 6.45) is 0. The van der Waals surface area contributed by atoms with Crippen LogP contribution in [-0.2, 0) is 10.1 Å². The van der Waals surface area contributed by atoms with E-state index in [-0.39, 0.29) is 22.0 Å². The normalized spacial score (nSPS) is 11.7. The number of carbonyl (C=O) groups excluding carboxylic acids is 1. The number of phenols is 1. The first-order valence-electron chi connectivity index (χ1n) is 10.5. The number of nitrogens with one attached hydrogen (secondary N) is 1. The summed E-state index contributed by atoms with van der Waals surface area (Å²) in [5, 5.41) is 22.8. The summed E-state index contributed by atoms with van der Waals surface area (Å²) in [5.74, 6) is -0.689. The Balaban J connectivity index is 1.86. The zero-order valence-corrected chi connectivity index (χ0v) is 20.6. The third kappa shape index (κ3) is 4.87. The molecule has 0 saturated carbocycles. The molecule has 3 N–H and O–H groups in total. The van der Waals surface area contributed by atoms with Crippen LogP contribution >= 0.6 is 11.6 Å². The lowest BCUT2D eigenvalue weighted by Gasteiger charge is -2.13. The van der Waals surface area contributed by atoms with Crippen LogP contribution in [0.15, 0.2) is 81.9 Å². The first-order chi connectivity index (χ1) is 17.1. The molecule has 11 heteroatoms. The van der Waals surface area contributed by atoms with Gasteiger partial charge in [-0.3, -0.25) is 9.35 Å². The lowest BCUT2D eigenvalue weighted by molar-refractivity contribution is 0.102. The number of amides is 1. The lowest BCUT2D eigenvalue weighted by Crippen LogP contribution is -2.13. The van der Waals surface area contributed by atoms with E-state index in [9.17, 15) is 22.9 Å². The van der Waals surface area contributed by atoms with Crippen molar-refractivity contribution >= 4 is 55.5 Å². The molecule has 0 aliphatic rings. The number of methoxy groups -OCH3 is 1. The first kappa shape index (κ1) is 25.1. The SMILES string of the molecule is COc1ccccc1NC(=O)c1cc2ccccc2c(N=Nc2c(S(=O)(=O)O)ccc(C)c2Cl)c1O. The van der Waals surface area contributed by atoms with Crippen LogP contribution in [0, 0.1) is 6.92 Å². The zero-order chi connectivity index (χ0) is 26.0. The number of phenolic OH excluding ortho intramolecular Hbond substituents is 1. The Morgan fingerprint density at radius 2 is 1.67 bits per heavy atom. The predicted molar refractivity (Wildman–Crippen MR) is 137 cm³/mol. The Kier molecular flexibility index (Phi) is 6.93. The molecule has 0 spiro atoms. The fraction of sp³-hybridized carbons (Fsp3) is 0.0800. The minimum atomic E-state index is -4.67. The Morgan fingerprint density at radius 3 is 2.39 bits per heavy atom. The van der Waals surface area contributed by atoms with Gasteiger partial charge < -0.3 is 15.2 Å². The van der Waals surface area contributed by atoms with E-state index in [1.165, 1.54) is 19.2 Å². The number of para-hydroxylation sites is 2. The van der Waals surface area contributed by atoms with Gasteiger partial charge in [-0.15, -0.1) is 10.2 Å². The number of azo groups is 1. The van der Waals surface area contributed by atoms with Gasteiger partial charge in [0.15, 0.2) is 5.75 Å². The van der Waals surface area contributed by atoms with E-state index < -0.39 is 26.7 Å². The van der Waals surface area contributed by atoms with E-state index in [2.05, 4.69) is 15.5 Å². The van der Waals surface area contributed by atoms with Crippen LogP contribution in [0.5, 0.6) is 11.5 Å². The standard InChI is InChI=1S/C25H20ClN3O6S/c1-14-11-12-20(36(32,33)34)23(21(14)26)29-28-22-16-8-4-3-7-15(16)13-17(24(22)30)25(31)27-18-9-5-6-10-19(18)35-2/h3-13,30H,1-2H3,(H,27,31)(H,32,33,34). The van der Waals surface area contributed by atoms with Crippen molar-refractivity contribution < 1.29 is 27.6 Å². The van der Waals surface area contributed by atoms with E-state index in [4.69, 9.17) is 16.3 Å². The quantitative estimate of drug-likeness (QED) is 0.196. The lowest BCUT2D eigenvalue weighted by atomic mass is 10.0. The molecule has 0 atom stereocenters. The number of hydrogen-bond donors (Lipinski definition) is 3. The molecular formula is C25H20ClN3O6S. The average molecular weight is 526 g/mol. The van der Waals surface area contributed by atoms with Gasteiger partial charge in [-0.05, 0) is 42.1 Å². The van der Waals surface area contributed by atoms with Crippen LogP contribution in [0.2, 0.25) is 5.02 Å². The topological polar surface area (TPSA) is 138 Å². The molecule has 184 valence electrons. The number of anilines is 1. The largest absolute Gasteiger partial charge is 0.505 e. The van der Waals surface area contributed by atoms with E-state index in [1.54, 1.807) is 55.5 Å². The first-order valence-corrected chi connectivity index (χ1v) is 12.3. The molecule has 4 rings (SSSR count). The Hall–Kier alpha value is -3.99. The maximum Gasteiger partial charge on any atom is 0.296 e.